The van der Waals surface area contributed by atoms with E-state index in [0.717, 1.165) is 44.9 Å². The van der Waals surface area contributed by atoms with Crippen LogP contribution < -0.4 is 0 Å². The van der Waals surface area contributed by atoms with Crippen LogP contribution in [-0.4, -0.2) is 18.9 Å². The molecule has 3 heteroatoms. The number of rotatable bonds is 7. The second-order valence-corrected chi connectivity index (χ2v) is 5.12. The number of Topliss-reactive ketones (excluding diaryl/α,β-unsaturated/α-hetero) is 1. The Morgan fingerprint density at radius 2 is 2.00 bits per heavy atom. The SMILES string of the molecule is COC(=O)CCCCCCC1C(=O)CCC1C. The van der Waals surface area contributed by atoms with E-state index in [9.17, 15) is 9.59 Å². The van der Waals surface area contributed by atoms with Crippen molar-refractivity contribution in [1.29, 1.82) is 0 Å². The van der Waals surface area contributed by atoms with Gasteiger partial charge in [-0.05, 0) is 25.2 Å². The predicted octanol–water partition coefficient (Wildman–Crippen LogP) is 3.12. The topological polar surface area (TPSA) is 43.4 Å². The van der Waals surface area contributed by atoms with E-state index in [4.69, 9.17) is 0 Å². The van der Waals surface area contributed by atoms with Crippen LogP contribution in [0.2, 0.25) is 0 Å². The quantitative estimate of drug-likeness (QED) is 0.507. The minimum atomic E-state index is -0.121. The molecule has 2 unspecified atom stereocenters. The maximum absolute atomic E-state index is 11.6. The molecule has 1 rings (SSSR count). The molecule has 1 fully saturated rings. The Morgan fingerprint density at radius 3 is 2.59 bits per heavy atom. The smallest absolute Gasteiger partial charge is 0.305 e. The first-order valence-electron chi connectivity index (χ1n) is 6.74. The summed E-state index contributed by atoms with van der Waals surface area (Å²) in [6, 6.07) is 0. The van der Waals surface area contributed by atoms with Crippen LogP contribution in [-0.2, 0) is 14.3 Å². The average molecular weight is 240 g/mol. The lowest BCUT2D eigenvalue weighted by molar-refractivity contribution is -0.140. The third kappa shape index (κ3) is 4.88. The number of esters is 1. The number of methoxy groups -OCH3 is 1. The first-order valence-corrected chi connectivity index (χ1v) is 6.74. The van der Waals surface area contributed by atoms with Crippen molar-refractivity contribution in [3.05, 3.63) is 0 Å². The molecule has 3 nitrogen and oxygen atoms in total. The van der Waals surface area contributed by atoms with Crippen molar-refractivity contribution in [1.82, 2.24) is 0 Å². The van der Waals surface area contributed by atoms with E-state index in [2.05, 4.69) is 11.7 Å². The van der Waals surface area contributed by atoms with Crippen LogP contribution in [0.15, 0.2) is 0 Å². The third-order valence-corrected chi connectivity index (χ3v) is 3.82. The van der Waals surface area contributed by atoms with Crippen LogP contribution in [0.1, 0.15) is 58.3 Å². The number of unbranched alkanes of at least 4 members (excludes halogenated alkanes) is 3. The zero-order chi connectivity index (χ0) is 12.7. The number of hydrogen-bond donors (Lipinski definition) is 0. The molecule has 0 N–H and O–H groups in total. The molecule has 0 aromatic carbocycles. The Bertz CT molecular complexity index is 260. The van der Waals surface area contributed by atoms with Crippen LogP contribution >= 0.6 is 0 Å². The molecule has 0 saturated heterocycles. The average Bonchev–Trinajstić information content (AvgIpc) is 2.64. The van der Waals surface area contributed by atoms with Crippen LogP contribution in [0.25, 0.3) is 0 Å². The molecular weight excluding hydrogens is 216 g/mol. The summed E-state index contributed by atoms with van der Waals surface area (Å²) in [5.74, 6) is 1.24. The predicted molar refractivity (Wildman–Crippen MR) is 66.6 cm³/mol. The summed E-state index contributed by atoms with van der Waals surface area (Å²) in [4.78, 5) is 22.4. The number of ketones is 1. The highest BCUT2D eigenvalue weighted by molar-refractivity contribution is 5.83. The highest BCUT2D eigenvalue weighted by Gasteiger charge is 2.30. The molecule has 0 spiro atoms. The fourth-order valence-corrected chi connectivity index (χ4v) is 2.61. The minimum absolute atomic E-state index is 0.121. The van der Waals surface area contributed by atoms with Gasteiger partial charge in [0.05, 0.1) is 7.11 Å². The van der Waals surface area contributed by atoms with Gasteiger partial charge in [-0.15, -0.1) is 0 Å². The van der Waals surface area contributed by atoms with Crippen molar-refractivity contribution >= 4 is 11.8 Å². The fraction of sp³-hybridized carbons (Fsp3) is 0.857. The fourth-order valence-electron chi connectivity index (χ4n) is 2.61. The van der Waals surface area contributed by atoms with Gasteiger partial charge >= 0.3 is 5.97 Å². The van der Waals surface area contributed by atoms with Crippen molar-refractivity contribution in [2.75, 3.05) is 7.11 Å². The second-order valence-electron chi connectivity index (χ2n) is 5.12. The molecule has 0 aromatic heterocycles. The standard InChI is InChI=1S/C14H24O3/c1-11-9-10-13(15)12(11)7-5-3-4-6-8-14(16)17-2/h11-12H,3-10H2,1-2H3. The Hall–Kier alpha value is -0.860. The van der Waals surface area contributed by atoms with Gasteiger partial charge in [0.25, 0.3) is 0 Å². The first kappa shape index (κ1) is 14.2. The summed E-state index contributed by atoms with van der Waals surface area (Å²) in [5.41, 5.74) is 0. The number of ether oxygens (including phenoxy) is 1. The number of carbonyl (C=O) groups is 2. The van der Waals surface area contributed by atoms with Gasteiger partial charge in [-0.3, -0.25) is 9.59 Å². The second kappa shape index (κ2) is 7.46. The van der Waals surface area contributed by atoms with E-state index in [0.29, 0.717) is 24.0 Å². The normalized spacial score (nSPS) is 24.0. The van der Waals surface area contributed by atoms with Gasteiger partial charge in [-0.2, -0.15) is 0 Å². The van der Waals surface area contributed by atoms with E-state index in [1.54, 1.807) is 0 Å². The zero-order valence-corrected chi connectivity index (χ0v) is 11.0. The lowest BCUT2D eigenvalue weighted by Gasteiger charge is -2.13. The Morgan fingerprint density at radius 1 is 1.29 bits per heavy atom. The molecule has 0 bridgehead atoms. The molecule has 98 valence electrons. The van der Waals surface area contributed by atoms with Crippen molar-refractivity contribution in [2.45, 2.75) is 58.3 Å². The molecule has 1 aliphatic carbocycles. The molecule has 0 aromatic rings. The number of carbonyl (C=O) groups excluding carboxylic acids is 2. The van der Waals surface area contributed by atoms with Crippen LogP contribution in [0.4, 0.5) is 0 Å². The van der Waals surface area contributed by atoms with Crippen molar-refractivity contribution in [3.8, 4) is 0 Å². The molecule has 0 amide bonds. The van der Waals surface area contributed by atoms with Gasteiger partial charge < -0.3 is 4.74 Å². The van der Waals surface area contributed by atoms with Gasteiger partial charge in [0.1, 0.15) is 5.78 Å². The maximum atomic E-state index is 11.6. The molecular formula is C14H24O3. The monoisotopic (exact) mass is 240 g/mol. The minimum Gasteiger partial charge on any atom is -0.469 e. The van der Waals surface area contributed by atoms with E-state index >= 15 is 0 Å². The van der Waals surface area contributed by atoms with Crippen molar-refractivity contribution in [2.24, 2.45) is 11.8 Å². The van der Waals surface area contributed by atoms with Gasteiger partial charge in [0, 0.05) is 18.8 Å². The van der Waals surface area contributed by atoms with Crippen LogP contribution in [0, 0.1) is 11.8 Å². The summed E-state index contributed by atoms with van der Waals surface area (Å²) in [5, 5.41) is 0. The summed E-state index contributed by atoms with van der Waals surface area (Å²) in [6.07, 6.45) is 7.62. The van der Waals surface area contributed by atoms with E-state index < -0.39 is 0 Å². The van der Waals surface area contributed by atoms with Crippen molar-refractivity contribution < 1.29 is 14.3 Å². The number of hydrogen-bond acceptors (Lipinski definition) is 3. The van der Waals surface area contributed by atoms with Crippen molar-refractivity contribution in [3.63, 3.8) is 0 Å². The summed E-state index contributed by atoms with van der Waals surface area (Å²) in [7, 11) is 1.43. The molecule has 0 aliphatic heterocycles. The Labute approximate surface area is 104 Å². The van der Waals surface area contributed by atoms with Crippen LogP contribution in [0.3, 0.4) is 0 Å². The first-order chi connectivity index (χ1) is 8.15. The Kier molecular flexibility index (Phi) is 6.23. The molecule has 2 atom stereocenters. The van der Waals surface area contributed by atoms with Gasteiger partial charge in [0.2, 0.25) is 0 Å². The molecule has 1 saturated carbocycles. The highest BCUT2D eigenvalue weighted by Crippen LogP contribution is 2.32. The third-order valence-electron chi connectivity index (χ3n) is 3.82. The van der Waals surface area contributed by atoms with Gasteiger partial charge in [0.15, 0.2) is 0 Å². The highest BCUT2D eigenvalue weighted by atomic mass is 16.5. The van der Waals surface area contributed by atoms with Crippen LogP contribution in [0.5, 0.6) is 0 Å². The molecule has 0 radical (unpaired) electrons. The lowest BCUT2D eigenvalue weighted by atomic mass is 9.91. The molecule has 17 heavy (non-hydrogen) atoms. The Balaban J connectivity index is 2.00. The zero-order valence-electron chi connectivity index (χ0n) is 11.0. The lowest BCUT2D eigenvalue weighted by Crippen LogP contribution is -2.12. The van der Waals surface area contributed by atoms with E-state index in [1.807, 2.05) is 0 Å². The molecule has 0 heterocycles. The summed E-state index contributed by atoms with van der Waals surface area (Å²) >= 11 is 0. The summed E-state index contributed by atoms with van der Waals surface area (Å²) < 4.78 is 4.58. The van der Waals surface area contributed by atoms with E-state index in [-0.39, 0.29) is 5.97 Å². The maximum Gasteiger partial charge on any atom is 0.305 e. The largest absolute Gasteiger partial charge is 0.469 e. The van der Waals surface area contributed by atoms with Gasteiger partial charge in [-0.1, -0.05) is 26.2 Å². The van der Waals surface area contributed by atoms with E-state index in [1.165, 1.54) is 7.11 Å². The molecule has 1 aliphatic rings. The van der Waals surface area contributed by atoms with Gasteiger partial charge in [-0.25, -0.2) is 0 Å². The summed E-state index contributed by atoms with van der Waals surface area (Å²) in [6.45, 7) is 2.19.